The van der Waals surface area contributed by atoms with Gasteiger partial charge in [0.15, 0.2) is 5.82 Å². The Bertz CT molecular complexity index is 1540. The Labute approximate surface area is 201 Å². The smallest absolute Gasteiger partial charge is 0.257 e. The van der Waals surface area contributed by atoms with Gasteiger partial charge in [0.1, 0.15) is 5.82 Å². The van der Waals surface area contributed by atoms with Gasteiger partial charge in [-0.05, 0) is 55.1 Å². The molecule has 9 nitrogen and oxygen atoms in total. The molecule has 0 unspecified atom stereocenters. The van der Waals surface area contributed by atoms with Crippen molar-refractivity contribution in [3.63, 3.8) is 0 Å². The quantitative estimate of drug-likeness (QED) is 0.419. The summed E-state index contributed by atoms with van der Waals surface area (Å²) in [5, 5.41) is 12.3. The molecule has 6 rings (SSSR count). The highest BCUT2D eigenvalue weighted by molar-refractivity contribution is 6.04. The minimum absolute atomic E-state index is 0.242. The molecule has 0 bridgehead atoms. The van der Waals surface area contributed by atoms with Crippen molar-refractivity contribution >= 4 is 39.5 Å². The van der Waals surface area contributed by atoms with Gasteiger partial charge in [-0.25, -0.2) is 4.98 Å². The van der Waals surface area contributed by atoms with E-state index in [1.807, 2.05) is 48.8 Å². The lowest BCUT2D eigenvalue weighted by molar-refractivity contribution is 0.102. The zero-order valence-electron chi connectivity index (χ0n) is 19.3. The molecule has 0 aliphatic carbocycles. The van der Waals surface area contributed by atoms with Crippen LogP contribution in [0.25, 0.3) is 33.1 Å². The van der Waals surface area contributed by atoms with E-state index in [1.54, 1.807) is 12.3 Å². The molecular weight excluding hydrogens is 440 g/mol. The lowest BCUT2D eigenvalue weighted by Gasteiger charge is -2.33. The zero-order valence-corrected chi connectivity index (χ0v) is 19.3. The van der Waals surface area contributed by atoms with Crippen molar-refractivity contribution in [1.82, 2.24) is 30.0 Å². The van der Waals surface area contributed by atoms with Gasteiger partial charge in [0.05, 0.1) is 16.6 Å². The summed E-state index contributed by atoms with van der Waals surface area (Å²) >= 11 is 0. The average Bonchev–Trinajstić information content (AvgIpc) is 3.37. The first-order valence-corrected chi connectivity index (χ1v) is 11.5. The van der Waals surface area contributed by atoms with E-state index in [4.69, 9.17) is 0 Å². The zero-order chi connectivity index (χ0) is 23.8. The summed E-state index contributed by atoms with van der Waals surface area (Å²) in [5.74, 6) is 0.970. The van der Waals surface area contributed by atoms with E-state index in [2.05, 4.69) is 53.4 Å². The Morgan fingerprint density at radius 3 is 2.69 bits per heavy atom. The standard InChI is InChI=1S/C26H24N8O/c1-33-8-10-34(11-9-33)25-15-18(4-6-28-25)26(35)30-24-14-19-12-17(2-3-21(19)31-32-24)20-13-23-22(29-16-20)5-7-27-23/h2-7,12-16,27H,8-11H2,1H3,(H,30,32,35). The Balaban J connectivity index is 1.24. The molecule has 1 aliphatic heterocycles. The predicted molar refractivity (Wildman–Crippen MR) is 137 cm³/mol. The van der Waals surface area contributed by atoms with Crippen LogP contribution >= 0.6 is 0 Å². The van der Waals surface area contributed by atoms with Crippen molar-refractivity contribution in [2.24, 2.45) is 0 Å². The van der Waals surface area contributed by atoms with E-state index in [1.165, 1.54) is 0 Å². The molecule has 0 saturated carbocycles. The molecule has 1 aromatic carbocycles. The largest absolute Gasteiger partial charge is 0.360 e. The Morgan fingerprint density at radius 2 is 1.80 bits per heavy atom. The number of aromatic amines is 1. The summed E-state index contributed by atoms with van der Waals surface area (Å²) in [6.45, 7) is 3.72. The number of aromatic nitrogens is 5. The number of anilines is 2. The van der Waals surface area contributed by atoms with E-state index >= 15 is 0 Å². The molecular formula is C26H24N8O. The molecule has 0 spiro atoms. The second-order valence-electron chi connectivity index (χ2n) is 8.78. The fourth-order valence-electron chi connectivity index (χ4n) is 4.33. The van der Waals surface area contributed by atoms with Gasteiger partial charge in [-0.3, -0.25) is 9.78 Å². The molecule has 2 N–H and O–H groups in total. The van der Waals surface area contributed by atoms with Gasteiger partial charge in [-0.15, -0.1) is 10.2 Å². The lowest BCUT2D eigenvalue weighted by Crippen LogP contribution is -2.44. The molecule has 1 amide bonds. The Hall–Kier alpha value is -4.37. The first-order valence-electron chi connectivity index (χ1n) is 11.5. The number of pyridine rings is 2. The predicted octanol–water partition coefficient (Wildman–Crippen LogP) is 3.57. The van der Waals surface area contributed by atoms with Gasteiger partial charge in [0.2, 0.25) is 0 Å². The maximum Gasteiger partial charge on any atom is 0.257 e. The molecule has 1 aliphatic rings. The summed E-state index contributed by atoms with van der Waals surface area (Å²) < 4.78 is 0. The first-order chi connectivity index (χ1) is 17.1. The minimum Gasteiger partial charge on any atom is -0.360 e. The van der Waals surface area contributed by atoms with Crippen LogP contribution in [-0.2, 0) is 0 Å². The summed E-state index contributed by atoms with van der Waals surface area (Å²) in [7, 11) is 2.11. The van der Waals surface area contributed by atoms with E-state index in [9.17, 15) is 4.79 Å². The number of hydrogen-bond donors (Lipinski definition) is 2. The Kier molecular flexibility index (Phi) is 5.31. The molecule has 9 heteroatoms. The number of carbonyl (C=O) groups excluding carboxylic acids is 1. The number of rotatable bonds is 4. The van der Waals surface area contributed by atoms with Crippen molar-refractivity contribution in [3.05, 3.63) is 72.7 Å². The van der Waals surface area contributed by atoms with Gasteiger partial charge in [0, 0.05) is 61.3 Å². The first kappa shape index (κ1) is 21.2. The number of amides is 1. The van der Waals surface area contributed by atoms with Crippen LogP contribution in [0.5, 0.6) is 0 Å². The maximum atomic E-state index is 13.0. The second kappa shape index (κ2) is 8.77. The molecule has 0 radical (unpaired) electrons. The summed E-state index contributed by atoms with van der Waals surface area (Å²) in [6.07, 6.45) is 5.41. The number of fused-ring (bicyclic) bond motifs is 2. The number of likely N-dealkylation sites (N-methyl/N-ethyl adjacent to an activating group) is 1. The SMILES string of the molecule is CN1CCN(c2cc(C(=O)Nc3cc4cc(-c5cnc6cc[nH]c6c5)ccc4nn3)ccn2)CC1. The van der Waals surface area contributed by atoms with Gasteiger partial charge < -0.3 is 20.1 Å². The number of nitrogens with one attached hydrogen (secondary N) is 2. The summed E-state index contributed by atoms with van der Waals surface area (Å²) in [6, 6.07) is 15.4. The second-order valence-corrected chi connectivity index (χ2v) is 8.78. The normalized spacial score (nSPS) is 14.5. The number of H-pyrrole nitrogens is 1. The van der Waals surface area contributed by atoms with Crippen LogP contribution in [-0.4, -0.2) is 69.2 Å². The Morgan fingerprint density at radius 1 is 0.914 bits per heavy atom. The monoisotopic (exact) mass is 464 g/mol. The molecule has 4 aromatic heterocycles. The molecule has 174 valence electrons. The molecule has 1 fully saturated rings. The van der Waals surface area contributed by atoms with Crippen molar-refractivity contribution in [1.29, 1.82) is 0 Å². The average molecular weight is 465 g/mol. The van der Waals surface area contributed by atoms with E-state index in [0.29, 0.717) is 11.4 Å². The van der Waals surface area contributed by atoms with Crippen LogP contribution in [0, 0.1) is 0 Å². The number of hydrogen-bond acceptors (Lipinski definition) is 7. The number of nitrogens with zero attached hydrogens (tertiary/aromatic N) is 6. The van der Waals surface area contributed by atoms with Gasteiger partial charge >= 0.3 is 0 Å². The van der Waals surface area contributed by atoms with Crippen molar-refractivity contribution in [2.75, 3.05) is 43.4 Å². The summed E-state index contributed by atoms with van der Waals surface area (Å²) in [5.41, 5.74) is 5.21. The third kappa shape index (κ3) is 4.29. The molecule has 5 heterocycles. The molecule has 1 saturated heterocycles. The molecule has 35 heavy (non-hydrogen) atoms. The van der Waals surface area contributed by atoms with Crippen LogP contribution in [0.4, 0.5) is 11.6 Å². The van der Waals surface area contributed by atoms with Crippen molar-refractivity contribution in [2.45, 2.75) is 0 Å². The number of carbonyl (C=O) groups is 1. The molecule has 5 aromatic rings. The molecule has 0 atom stereocenters. The van der Waals surface area contributed by atoms with Crippen LogP contribution in [0.1, 0.15) is 10.4 Å². The number of benzene rings is 1. The fraction of sp³-hybridized carbons (Fsp3) is 0.192. The van der Waals surface area contributed by atoms with Gasteiger partial charge in [-0.1, -0.05) is 6.07 Å². The van der Waals surface area contributed by atoms with Crippen molar-refractivity contribution in [3.8, 4) is 11.1 Å². The van der Waals surface area contributed by atoms with Crippen LogP contribution in [0.2, 0.25) is 0 Å². The highest BCUT2D eigenvalue weighted by Gasteiger charge is 2.17. The van der Waals surface area contributed by atoms with E-state index in [0.717, 1.165) is 65.1 Å². The third-order valence-corrected chi connectivity index (χ3v) is 6.39. The maximum absolute atomic E-state index is 13.0. The van der Waals surface area contributed by atoms with Gasteiger partial charge in [-0.2, -0.15) is 0 Å². The van der Waals surface area contributed by atoms with Gasteiger partial charge in [0.25, 0.3) is 5.91 Å². The minimum atomic E-state index is -0.242. The van der Waals surface area contributed by atoms with E-state index in [-0.39, 0.29) is 5.91 Å². The van der Waals surface area contributed by atoms with Crippen LogP contribution < -0.4 is 10.2 Å². The van der Waals surface area contributed by atoms with E-state index < -0.39 is 0 Å². The third-order valence-electron chi connectivity index (χ3n) is 6.39. The van der Waals surface area contributed by atoms with Crippen molar-refractivity contribution < 1.29 is 4.79 Å². The summed E-state index contributed by atoms with van der Waals surface area (Å²) in [4.78, 5) is 29.6. The number of piperazine rings is 1. The highest BCUT2D eigenvalue weighted by Crippen LogP contribution is 2.26. The lowest BCUT2D eigenvalue weighted by atomic mass is 10.0. The van der Waals surface area contributed by atoms with Crippen LogP contribution in [0.15, 0.2) is 67.1 Å². The highest BCUT2D eigenvalue weighted by atomic mass is 16.1. The fourth-order valence-corrected chi connectivity index (χ4v) is 4.33. The topological polar surface area (TPSA) is 103 Å². The van der Waals surface area contributed by atoms with Crippen LogP contribution in [0.3, 0.4) is 0 Å².